The van der Waals surface area contributed by atoms with Crippen LogP contribution in [0, 0.1) is 0 Å². The van der Waals surface area contributed by atoms with E-state index in [0.29, 0.717) is 6.42 Å². The molecule has 3 N–H and O–H groups in total. The van der Waals surface area contributed by atoms with Gasteiger partial charge in [0.2, 0.25) is 0 Å². The molecule has 13 heavy (non-hydrogen) atoms. The second-order valence-corrected chi connectivity index (χ2v) is 3.15. The fourth-order valence-corrected chi connectivity index (χ4v) is 1.27. The highest BCUT2D eigenvalue weighted by Crippen LogP contribution is 2.26. The summed E-state index contributed by atoms with van der Waals surface area (Å²) < 4.78 is 41.1. The van der Waals surface area contributed by atoms with Crippen molar-refractivity contribution >= 4 is 0 Å². The van der Waals surface area contributed by atoms with E-state index >= 15 is 0 Å². The number of aliphatic hydroxyl groups excluding tert-OH is 1. The first kappa shape index (κ1) is 10.7. The highest BCUT2D eigenvalue weighted by molar-refractivity contribution is 4.84. The Balaban J connectivity index is 2.51. The third-order valence-corrected chi connectivity index (χ3v) is 2.07. The Morgan fingerprint density at radius 3 is 2.54 bits per heavy atom. The summed E-state index contributed by atoms with van der Waals surface area (Å²) in [4.78, 5) is 0. The summed E-state index contributed by atoms with van der Waals surface area (Å²) in [6.45, 7) is 0.135. The molecule has 1 saturated heterocycles. The molecule has 3 unspecified atom stereocenters. The number of rotatable bonds is 1. The molecule has 1 fully saturated rings. The molecule has 0 aromatic rings. The second-order valence-electron chi connectivity index (χ2n) is 3.15. The summed E-state index contributed by atoms with van der Waals surface area (Å²) in [5.74, 6) is 0. The van der Waals surface area contributed by atoms with Crippen molar-refractivity contribution in [1.29, 1.82) is 0 Å². The van der Waals surface area contributed by atoms with Crippen molar-refractivity contribution in [3.8, 4) is 0 Å². The maximum absolute atomic E-state index is 12.1. The van der Waals surface area contributed by atoms with Gasteiger partial charge in [0.1, 0.15) is 6.04 Å². The number of hydrogen-bond donors (Lipinski definition) is 2. The van der Waals surface area contributed by atoms with Gasteiger partial charge in [-0.15, -0.1) is 0 Å². The van der Waals surface area contributed by atoms with Gasteiger partial charge in [0.15, 0.2) is 0 Å². The molecule has 1 heterocycles. The predicted molar refractivity (Wildman–Crippen MR) is 39.0 cm³/mol. The topological polar surface area (TPSA) is 55.5 Å². The summed E-state index contributed by atoms with van der Waals surface area (Å²) in [5, 5.41) is 9.09. The molecule has 0 radical (unpaired) electrons. The van der Waals surface area contributed by atoms with Gasteiger partial charge < -0.3 is 15.6 Å². The highest BCUT2D eigenvalue weighted by Gasteiger charge is 2.44. The summed E-state index contributed by atoms with van der Waals surface area (Å²) in [6, 6.07) is -2.00. The van der Waals surface area contributed by atoms with Gasteiger partial charge in [-0.05, 0) is 6.42 Å². The molecule has 0 bridgehead atoms. The highest BCUT2D eigenvalue weighted by atomic mass is 19.4. The Labute approximate surface area is 73.7 Å². The average Bonchev–Trinajstić information content (AvgIpc) is 2.01. The molecule has 6 heteroatoms. The molecule has 0 saturated carbocycles. The Morgan fingerprint density at radius 1 is 1.46 bits per heavy atom. The molecule has 0 aromatic carbocycles. The largest absolute Gasteiger partial charge is 0.406 e. The number of aliphatic hydroxyl groups is 1. The van der Waals surface area contributed by atoms with E-state index in [-0.39, 0.29) is 13.0 Å². The van der Waals surface area contributed by atoms with Gasteiger partial charge >= 0.3 is 6.18 Å². The van der Waals surface area contributed by atoms with Gasteiger partial charge in [-0.2, -0.15) is 13.2 Å². The fraction of sp³-hybridized carbons (Fsp3) is 1.00. The number of alkyl halides is 3. The van der Waals surface area contributed by atoms with Gasteiger partial charge in [-0.25, -0.2) is 0 Å². The Hall–Kier alpha value is -0.330. The molecular formula is C7H12F3NO2. The van der Waals surface area contributed by atoms with Gasteiger partial charge in [0.25, 0.3) is 0 Å². The van der Waals surface area contributed by atoms with E-state index in [9.17, 15) is 13.2 Å². The van der Waals surface area contributed by atoms with Crippen LogP contribution in [0.5, 0.6) is 0 Å². The van der Waals surface area contributed by atoms with Crippen LogP contribution in [-0.4, -0.2) is 36.1 Å². The summed E-state index contributed by atoms with van der Waals surface area (Å²) in [7, 11) is 0. The molecule has 0 aliphatic carbocycles. The number of hydrogen-bond acceptors (Lipinski definition) is 3. The first-order valence-corrected chi connectivity index (χ1v) is 4.03. The van der Waals surface area contributed by atoms with Gasteiger partial charge in [0.05, 0.1) is 12.2 Å². The van der Waals surface area contributed by atoms with E-state index < -0.39 is 24.4 Å². The van der Waals surface area contributed by atoms with Crippen molar-refractivity contribution in [3.63, 3.8) is 0 Å². The lowest BCUT2D eigenvalue weighted by Crippen LogP contribution is -2.51. The van der Waals surface area contributed by atoms with E-state index in [1.165, 1.54) is 0 Å². The summed E-state index contributed by atoms with van der Waals surface area (Å²) in [6.07, 6.45) is -5.96. The minimum Gasteiger partial charge on any atom is -0.393 e. The van der Waals surface area contributed by atoms with Crippen LogP contribution >= 0.6 is 0 Å². The van der Waals surface area contributed by atoms with Crippen LogP contribution in [0.3, 0.4) is 0 Å². The number of ether oxygens (including phenoxy) is 1. The Kier molecular flexibility index (Phi) is 3.15. The Bertz CT molecular complexity index is 174. The van der Waals surface area contributed by atoms with Crippen molar-refractivity contribution in [2.45, 2.75) is 37.3 Å². The zero-order valence-corrected chi connectivity index (χ0v) is 6.92. The van der Waals surface area contributed by atoms with E-state index in [2.05, 4.69) is 0 Å². The van der Waals surface area contributed by atoms with Crippen molar-refractivity contribution in [2.24, 2.45) is 5.73 Å². The monoisotopic (exact) mass is 199 g/mol. The average molecular weight is 199 g/mol. The Morgan fingerprint density at radius 2 is 2.08 bits per heavy atom. The third-order valence-electron chi connectivity index (χ3n) is 2.07. The number of nitrogens with two attached hydrogens (primary N) is 1. The molecule has 0 aromatic heterocycles. The number of halogens is 3. The normalized spacial score (nSPS) is 33.0. The van der Waals surface area contributed by atoms with Crippen LogP contribution in [0.4, 0.5) is 13.2 Å². The van der Waals surface area contributed by atoms with Gasteiger partial charge in [-0.3, -0.25) is 0 Å². The van der Waals surface area contributed by atoms with E-state index in [0.717, 1.165) is 0 Å². The molecule has 1 aliphatic rings. The van der Waals surface area contributed by atoms with Crippen LogP contribution in [0.1, 0.15) is 12.8 Å². The first-order valence-electron chi connectivity index (χ1n) is 4.03. The molecular weight excluding hydrogens is 187 g/mol. The molecule has 0 amide bonds. The molecule has 0 spiro atoms. The lowest BCUT2D eigenvalue weighted by atomic mass is 10.0. The lowest BCUT2D eigenvalue weighted by Gasteiger charge is -2.31. The van der Waals surface area contributed by atoms with Crippen molar-refractivity contribution in [3.05, 3.63) is 0 Å². The van der Waals surface area contributed by atoms with Gasteiger partial charge in [-0.1, -0.05) is 0 Å². The van der Waals surface area contributed by atoms with Crippen LogP contribution < -0.4 is 5.73 Å². The summed E-state index contributed by atoms with van der Waals surface area (Å²) >= 11 is 0. The maximum Gasteiger partial charge on any atom is 0.406 e. The standard InChI is InChI=1S/C7H12F3NO2/c8-7(9,10)6(11)5-3-4(12)1-2-13-5/h4-6,12H,1-3,11H2. The smallest absolute Gasteiger partial charge is 0.393 e. The lowest BCUT2D eigenvalue weighted by molar-refractivity contribution is -0.187. The molecule has 3 atom stereocenters. The molecule has 3 nitrogen and oxygen atoms in total. The zero-order valence-electron chi connectivity index (χ0n) is 6.92. The van der Waals surface area contributed by atoms with E-state index in [4.69, 9.17) is 15.6 Å². The minimum atomic E-state index is -4.46. The molecule has 1 rings (SSSR count). The first-order chi connectivity index (χ1) is 5.91. The van der Waals surface area contributed by atoms with Crippen LogP contribution in [0.2, 0.25) is 0 Å². The SMILES string of the molecule is NC(C1CC(O)CCO1)C(F)(F)F. The maximum atomic E-state index is 12.1. The van der Waals surface area contributed by atoms with E-state index in [1.54, 1.807) is 0 Å². The van der Waals surface area contributed by atoms with E-state index in [1.807, 2.05) is 0 Å². The fourth-order valence-electron chi connectivity index (χ4n) is 1.27. The third kappa shape index (κ3) is 2.82. The van der Waals surface area contributed by atoms with Crippen molar-refractivity contribution in [1.82, 2.24) is 0 Å². The van der Waals surface area contributed by atoms with Gasteiger partial charge in [0, 0.05) is 13.0 Å². The molecule has 1 aliphatic heterocycles. The van der Waals surface area contributed by atoms with Crippen LogP contribution in [-0.2, 0) is 4.74 Å². The van der Waals surface area contributed by atoms with Crippen molar-refractivity contribution in [2.75, 3.05) is 6.61 Å². The second kappa shape index (κ2) is 3.81. The predicted octanol–water partition coefficient (Wildman–Crippen LogP) is 0.416. The minimum absolute atomic E-state index is 0.0410. The quantitative estimate of drug-likeness (QED) is 0.643. The van der Waals surface area contributed by atoms with Crippen molar-refractivity contribution < 1.29 is 23.0 Å². The van der Waals surface area contributed by atoms with Crippen LogP contribution in [0.15, 0.2) is 0 Å². The zero-order chi connectivity index (χ0) is 10.1. The summed E-state index contributed by atoms with van der Waals surface area (Å²) in [5.41, 5.74) is 4.93. The van der Waals surface area contributed by atoms with Crippen LogP contribution in [0.25, 0.3) is 0 Å². The molecule has 78 valence electrons.